The second-order valence-electron chi connectivity index (χ2n) is 1.98. The summed E-state index contributed by atoms with van der Waals surface area (Å²) in [7, 11) is 0. The fraction of sp³-hybridized carbons (Fsp3) is 0.167. The molecule has 0 aliphatic carbocycles. The molecule has 0 spiro atoms. The summed E-state index contributed by atoms with van der Waals surface area (Å²) in [4.78, 5) is 3.80. The number of nitrogens with zero attached hydrogens (tertiary/aromatic N) is 1. The lowest BCUT2D eigenvalue weighted by atomic mass is 10.4. The average molecular weight is 265 g/mol. The summed E-state index contributed by atoms with van der Waals surface area (Å²) in [5, 5.41) is 0.641. The molecule has 1 aromatic heterocycles. The second kappa shape index (κ2) is 3.77. The molecule has 0 saturated carbocycles. The molecule has 12 heavy (non-hydrogen) atoms. The first-order valence-electron chi connectivity index (χ1n) is 2.79. The summed E-state index contributed by atoms with van der Waals surface area (Å²) >= 11 is 27.9. The number of rotatable bonds is 0. The van der Waals surface area contributed by atoms with E-state index >= 15 is 0 Å². The number of pyridine rings is 1. The molecule has 0 bridgehead atoms. The predicted molar refractivity (Wildman–Crippen MR) is 53.5 cm³/mol. The molecule has 66 valence electrons. The van der Waals surface area contributed by atoms with Gasteiger partial charge in [0.25, 0.3) is 0 Å². The molecule has 0 fully saturated rings. The lowest BCUT2D eigenvalue weighted by molar-refractivity contribution is 1.09. The smallest absolute Gasteiger partial charge is 0.232 e. The zero-order chi connectivity index (χ0) is 9.35. The minimum Gasteiger partial charge on any atom is -0.255 e. The van der Waals surface area contributed by atoms with Crippen LogP contribution >= 0.6 is 58.0 Å². The highest BCUT2D eigenvalue weighted by molar-refractivity contribution is 6.66. The van der Waals surface area contributed by atoms with Gasteiger partial charge >= 0.3 is 0 Å². The van der Waals surface area contributed by atoms with Gasteiger partial charge < -0.3 is 0 Å². The molecule has 1 nitrogen and oxygen atoms in total. The Bertz CT molecular complexity index is 292. The van der Waals surface area contributed by atoms with Crippen LogP contribution in [0, 0.1) is 0 Å². The van der Waals surface area contributed by atoms with E-state index in [1.165, 1.54) is 12.3 Å². The Morgan fingerprint density at radius 2 is 1.67 bits per heavy atom. The van der Waals surface area contributed by atoms with Crippen molar-refractivity contribution in [2.75, 3.05) is 0 Å². The third kappa shape index (κ3) is 2.54. The van der Waals surface area contributed by atoms with Crippen LogP contribution in [0.15, 0.2) is 12.3 Å². The highest BCUT2D eigenvalue weighted by atomic mass is 35.6. The van der Waals surface area contributed by atoms with Crippen molar-refractivity contribution in [1.29, 1.82) is 0 Å². The van der Waals surface area contributed by atoms with Gasteiger partial charge in [0.2, 0.25) is 3.79 Å². The molecule has 1 rings (SSSR count). The first-order chi connectivity index (χ1) is 5.41. The van der Waals surface area contributed by atoms with Gasteiger partial charge in [-0.05, 0) is 6.07 Å². The van der Waals surface area contributed by atoms with Crippen molar-refractivity contribution in [2.45, 2.75) is 3.79 Å². The van der Waals surface area contributed by atoms with Crippen molar-refractivity contribution in [3.05, 3.63) is 28.0 Å². The molecule has 0 aliphatic rings. The van der Waals surface area contributed by atoms with Crippen LogP contribution < -0.4 is 0 Å². The van der Waals surface area contributed by atoms with Crippen LogP contribution in [-0.2, 0) is 3.79 Å². The van der Waals surface area contributed by atoms with Gasteiger partial charge in [0.15, 0.2) is 0 Å². The summed E-state index contributed by atoms with van der Waals surface area (Å²) in [6.45, 7) is 0. The Labute approximate surface area is 94.5 Å². The summed E-state index contributed by atoms with van der Waals surface area (Å²) in [5.41, 5.74) is 0.252. The van der Waals surface area contributed by atoms with Gasteiger partial charge in [0, 0.05) is 6.20 Å². The van der Waals surface area contributed by atoms with Crippen molar-refractivity contribution >= 4 is 58.0 Å². The van der Waals surface area contributed by atoms with Gasteiger partial charge in [0.05, 0.1) is 15.7 Å². The van der Waals surface area contributed by atoms with Gasteiger partial charge in [-0.2, -0.15) is 0 Å². The van der Waals surface area contributed by atoms with E-state index in [0.29, 0.717) is 10.0 Å². The zero-order valence-corrected chi connectivity index (χ0v) is 9.27. The lowest BCUT2D eigenvalue weighted by Gasteiger charge is -2.09. The summed E-state index contributed by atoms with van der Waals surface area (Å²) in [6.07, 6.45) is 1.33. The normalized spacial score (nSPS) is 11.8. The molecule has 1 heterocycles. The van der Waals surface area contributed by atoms with Crippen molar-refractivity contribution in [2.24, 2.45) is 0 Å². The molecule has 0 saturated heterocycles. The fourth-order valence-corrected chi connectivity index (χ4v) is 1.13. The molecule has 0 radical (unpaired) electrons. The Morgan fingerprint density at radius 1 is 1.08 bits per heavy atom. The van der Waals surface area contributed by atoms with Crippen LogP contribution in [-0.4, -0.2) is 4.98 Å². The predicted octanol–water partition coefficient (Wildman–Crippen LogP) is 4.22. The number of hydrogen-bond donors (Lipinski definition) is 0. The zero-order valence-electron chi connectivity index (χ0n) is 5.49. The monoisotopic (exact) mass is 263 g/mol. The maximum atomic E-state index is 5.67. The largest absolute Gasteiger partial charge is 0.255 e. The quantitative estimate of drug-likeness (QED) is 0.640. The molecule has 0 unspecified atom stereocenters. The van der Waals surface area contributed by atoms with Gasteiger partial charge in [-0.15, -0.1) is 0 Å². The maximum absolute atomic E-state index is 5.67. The molecule has 0 amide bonds. The average Bonchev–Trinajstić information content (AvgIpc) is 1.92. The number of hydrogen-bond acceptors (Lipinski definition) is 1. The molecule has 0 atom stereocenters. The van der Waals surface area contributed by atoms with E-state index in [2.05, 4.69) is 4.98 Å². The van der Waals surface area contributed by atoms with Crippen LogP contribution in [0.2, 0.25) is 10.0 Å². The maximum Gasteiger partial charge on any atom is 0.232 e. The summed E-state index contributed by atoms with van der Waals surface area (Å²) < 4.78 is -1.56. The van der Waals surface area contributed by atoms with E-state index in [9.17, 15) is 0 Å². The lowest BCUT2D eigenvalue weighted by Crippen LogP contribution is -2.02. The van der Waals surface area contributed by atoms with Crippen LogP contribution in [0.5, 0.6) is 0 Å². The molecular weight excluding hydrogens is 263 g/mol. The van der Waals surface area contributed by atoms with Crippen molar-refractivity contribution < 1.29 is 0 Å². The molecule has 6 heteroatoms. The van der Waals surface area contributed by atoms with Crippen molar-refractivity contribution in [1.82, 2.24) is 4.98 Å². The van der Waals surface area contributed by atoms with Crippen LogP contribution in [0.3, 0.4) is 0 Å². The fourth-order valence-electron chi connectivity index (χ4n) is 0.569. The third-order valence-electron chi connectivity index (χ3n) is 1.10. The molecule has 0 aliphatic heterocycles. The Morgan fingerprint density at radius 3 is 2.08 bits per heavy atom. The Kier molecular flexibility index (Phi) is 3.35. The molecular formula is C6H2Cl5N. The van der Waals surface area contributed by atoms with Gasteiger partial charge in [-0.25, -0.2) is 0 Å². The Hall–Kier alpha value is 0.600. The van der Waals surface area contributed by atoms with E-state index < -0.39 is 3.79 Å². The highest BCUT2D eigenvalue weighted by Crippen LogP contribution is 2.38. The SMILES string of the molecule is Clc1cnc(C(Cl)(Cl)Cl)cc1Cl. The van der Waals surface area contributed by atoms with Crippen LogP contribution in [0.4, 0.5) is 0 Å². The minimum absolute atomic E-state index is 0.252. The van der Waals surface area contributed by atoms with E-state index in [1.54, 1.807) is 0 Å². The van der Waals surface area contributed by atoms with Gasteiger partial charge in [-0.1, -0.05) is 58.0 Å². The minimum atomic E-state index is -1.56. The topological polar surface area (TPSA) is 12.9 Å². The highest BCUT2D eigenvalue weighted by Gasteiger charge is 2.25. The molecule has 0 N–H and O–H groups in total. The van der Waals surface area contributed by atoms with E-state index in [4.69, 9.17) is 58.0 Å². The van der Waals surface area contributed by atoms with Crippen molar-refractivity contribution in [3.8, 4) is 0 Å². The second-order valence-corrected chi connectivity index (χ2v) is 5.08. The number of alkyl halides is 3. The molecule has 0 aromatic carbocycles. The number of aromatic nitrogens is 1. The van der Waals surface area contributed by atoms with Gasteiger partial charge in [0.1, 0.15) is 0 Å². The van der Waals surface area contributed by atoms with Crippen LogP contribution in [0.25, 0.3) is 0 Å². The van der Waals surface area contributed by atoms with Crippen LogP contribution in [0.1, 0.15) is 5.69 Å². The third-order valence-corrected chi connectivity index (χ3v) is 2.39. The van der Waals surface area contributed by atoms with Crippen molar-refractivity contribution in [3.63, 3.8) is 0 Å². The van der Waals surface area contributed by atoms with E-state index in [1.807, 2.05) is 0 Å². The van der Waals surface area contributed by atoms with E-state index in [-0.39, 0.29) is 5.69 Å². The van der Waals surface area contributed by atoms with Gasteiger partial charge in [-0.3, -0.25) is 4.98 Å². The number of halogens is 5. The summed E-state index contributed by atoms with van der Waals surface area (Å²) in [5.74, 6) is 0. The first kappa shape index (κ1) is 10.7. The Balaban J connectivity index is 3.14. The molecule has 1 aromatic rings. The standard InChI is InChI=1S/C6H2Cl5N/c7-3-1-5(6(9,10)11)12-2-4(3)8/h1-2H. The van der Waals surface area contributed by atoms with E-state index in [0.717, 1.165) is 0 Å². The first-order valence-corrected chi connectivity index (χ1v) is 4.68. The summed E-state index contributed by atoms with van der Waals surface area (Å²) in [6, 6.07) is 1.41.